The van der Waals surface area contributed by atoms with Crippen LogP contribution < -0.4 is 0 Å². The summed E-state index contributed by atoms with van der Waals surface area (Å²) < 4.78 is 5.77. The Kier molecular flexibility index (Phi) is 4.35. The van der Waals surface area contributed by atoms with Crippen molar-refractivity contribution in [2.75, 3.05) is 0 Å². The summed E-state index contributed by atoms with van der Waals surface area (Å²) >= 11 is 1.59. The quantitative estimate of drug-likeness (QED) is 0.855. The van der Waals surface area contributed by atoms with Crippen LogP contribution in [0.2, 0.25) is 0 Å². The molecule has 4 unspecified atom stereocenters. The normalized spacial score (nSPS) is 30.7. The zero-order chi connectivity index (χ0) is 15.1. The number of hydrogen-bond acceptors (Lipinski definition) is 4. The molecular weight excluding hydrogens is 270 g/mol. The molecule has 2 rings (SSSR count). The highest BCUT2D eigenvalue weighted by atomic mass is 32.1. The molecule has 4 heteroatoms. The van der Waals surface area contributed by atoms with Gasteiger partial charge in [-0.05, 0) is 19.8 Å². The van der Waals surface area contributed by atoms with Gasteiger partial charge in [0.25, 0.3) is 0 Å². The molecule has 4 atom stereocenters. The standard InChI is InChI=1S/C16H25NO2S/c1-9-10(2)19-11(3)15(9)12(18)7-14-17-13(8-20-14)16(4,5)6/h8-11,15H,7H2,1-6H3. The molecule has 1 saturated heterocycles. The predicted octanol–water partition coefficient (Wildman–Crippen LogP) is 3.61. The van der Waals surface area contributed by atoms with Gasteiger partial charge >= 0.3 is 0 Å². The first kappa shape index (κ1) is 15.6. The van der Waals surface area contributed by atoms with E-state index in [0.29, 0.717) is 12.3 Å². The molecule has 0 bridgehead atoms. The molecule has 3 nitrogen and oxygen atoms in total. The lowest BCUT2D eigenvalue weighted by Gasteiger charge is -2.16. The third-order valence-electron chi connectivity index (χ3n) is 4.26. The Hall–Kier alpha value is -0.740. The van der Waals surface area contributed by atoms with E-state index in [1.807, 2.05) is 6.92 Å². The number of thiazole rings is 1. The number of ether oxygens (including phenoxy) is 1. The maximum Gasteiger partial charge on any atom is 0.145 e. The number of nitrogens with zero attached hydrogens (tertiary/aromatic N) is 1. The number of ketones is 1. The van der Waals surface area contributed by atoms with Gasteiger partial charge in [0, 0.05) is 16.7 Å². The molecule has 0 saturated carbocycles. The highest BCUT2D eigenvalue weighted by Gasteiger charge is 2.41. The van der Waals surface area contributed by atoms with Crippen LogP contribution in [0.25, 0.3) is 0 Å². The number of Topliss-reactive ketones (excluding diaryl/α,β-unsaturated/α-hetero) is 1. The van der Waals surface area contributed by atoms with Gasteiger partial charge in [-0.25, -0.2) is 4.98 Å². The lowest BCUT2D eigenvalue weighted by molar-refractivity contribution is -0.124. The zero-order valence-corrected chi connectivity index (χ0v) is 14.1. The van der Waals surface area contributed by atoms with Crippen molar-refractivity contribution in [1.82, 2.24) is 4.98 Å². The summed E-state index contributed by atoms with van der Waals surface area (Å²) in [5.41, 5.74) is 1.12. The second-order valence-corrected chi connectivity index (χ2v) is 7.89. The Morgan fingerprint density at radius 2 is 1.95 bits per heavy atom. The van der Waals surface area contributed by atoms with Crippen LogP contribution in [0.1, 0.15) is 52.2 Å². The number of aromatic nitrogens is 1. The molecule has 0 spiro atoms. The van der Waals surface area contributed by atoms with Crippen LogP contribution in [-0.2, 0) is 21.4 Å². The summed E-state index contributed by atoms with van der Waals surface area (Å²) in [6.07, 6.45) is 0.630. The van der Waals surface area contributed by atoms with E-state index in [2.05, 4.69) is 45.0 Å². The SMILES string of the molecule is CC1OC(C)C(C(=O)Cc2nc(C(C)(C)C)cs2)C1C. The van der Waals surface area contributed by atoms with Gasteiger partial charge in [-0.15, -0.1) is 11.3 Å². The van der Waals surface area contributed by atoms with Crippen LogP contribution in [-0.4, -0.2) is 23.0 Å². The monoisotopic (exact) mass is 295 g/mol. The average molecular weight is 295 g/mol. The summed E-state index contributed by atoms with van der Waals surface area (Å²) in [6, 6.07) is 0. The summed E-state index contributed by atoms with van der Waals surface area (Å²) in [7, 11) is 0. The van der Waals surface area contributed by atoms with Crippen molar-refractivity contribution >= 4 is 17.1 Å². The highest BCUT2D eigenvalue weighted by molar-refractivity contribution is 7.09. The van der Waals surface area contributed by atoms with E-state index in [4.69, 9.17) is 4.74 Å². The van der Waals surface area contributed by atoms with Gasteiger partial charge in [0.15, 0.2) is 0 Å². The molecule has 0 radical (unpaired) electrons. The van der Waals surface area contributed by atoms with Gasteiger partial charge in [-0.2, -0.15) is 0 Å². The minimum absolute atomic E-state index is 0.00647. The molecule has 1 aliphatic rings. The molecule has 112 valence electrons. The predicted molar refractivity (Wildman–Crippen MR) is 82.2 cm³/mol. The third-order valence-corrected chi connectivity index (χ3v) is 5.11. The van der Waals surface area contributed by atoms with Crippen molar-refractivity contribution in [3.8, 4) is 0 Å². The number of carbonyl (C=O) groups is 1. The van der Waals surface area contributed by atoms with Gasteiger partial charge in [0.1, 0.15) is 10.8 Å². The summed E-state index contributed by atoms with van der Waals surface area (Å²) in [5, 5.41) is 3.00. The second kappa shape index (κ2) is 5.57. The Labute approximate surface area is 125 Å². The Morgan fingerprint density at radius 3 is 2.40 bits per heavy atom. The van der Waals surface area contributed by atoms with Crippen molar-refractivity contribution in [2.24, 2.45) is 11.8 Å². The number of hydrogen-bond donors (Lipinski definition) is 0. The van der Waals surface area contributed by atoms with Crippen LogP contribution in [0.5, 0.6) is 0 Å². The van der Waals surface area contributed by atoms with Gasteiger partial charge in [0.05, 0.1) is 24.3 Å². The van der Waals surface area contributed by atoms with Crippen molar-refractivity contribution in [2.45, 2.75) is 65.6 Å². The molecule has 2 heterocycles. The highest BCUT2D eigenvalue weighted by Crippen LogP contribution is 2.34. The first-order valence-electron chi connectivity index (χ1n) is 7.33. The zero-order valence-electron chi connectivity index (χ0n) is 13.3. The molecule has 1 aromatic rings. The second-order valence-electron chi connectivity index (χ2n) is 6.95. The fourth-order valence-electron chi connectivity index (χ4n) is 2.83. The number of carbonyl (C=O) groups excluding carboxylic acids is 1. The van der Waals surface area contributed by atoms with E-state index in [1.54, 1.807) is 11.3 Å². The topological polar surface area (TPSA) is 39.2 Å². The molecule has 1 fully saturated rings. The molecule has 0 N–H and O–H groups in total. The van der Waals surface area contributed by atoms with Crippen LogP contribution in [0.15, 0.2) is 5.38 Å². The van der Waals surface area contributed by atoms with Crippen LogP contribution in [0.3, 0.4) is 0 Å². The van der Waals surface area contributed by atoms with E-state index >= 15 is 0 Å². The first-order valence-corrected chi connectivity index (χ1v) is 8.21. The maximum absolute atomic E-state index is 12.5. The van der Waals surface area contributed by atoms with Crippen molar-refractivity contribution in [1.29, 1.82) is 0 Å². The van der Waals surface area contributed by atoms with Crippen molar-refractivity contribution in [3.05, 3.63) is 16.1 Å². The fraction of sp³-hybridized carbons (Fsp3) is 0.750. The summed E-state index contributed by atoms with van der Waals surface area (Å²) in [6.45, 7) is 12.6. The molecule has 0 amide bonds. The lowest BCUT2D eigenvalue weighted by atomic mass is 9.85. The Balaban J connectivity index is 2.07. The van der Waals surface area contributed by atoms with Gasteiger partial charge < -0.3 is 4.74 Å². The molecule has 1 aliphatic heterocycles. The summed E-state index contributed by atoms with van der Waals surface area (Å²) in [4.78, 5) is 17.1. The smallest absolute Gasteiger partial charge is 0.145 e. The van der Waals surface area contributed by atoms with Crippen LogP contribution in [0.4, 0.5) is 0 Å². The first-order chi connectivity index (χ1) is 9.20. The number of rotatable bonds is 3. The third kappa shape index (κ3) is 3.12. The Bertz CT molecular complexity index is 489. The van der Waals surface area contributed by atoms with Crippen molar-refractivity contribution in [3.63, 3.8) is 0 Å². The van der Waals surface area contributed by atoms with E-state index < -0.39 is 0 Å². The lowest BCUT2D eigenvalue weighted by Crippen LogP contribution is -2.28. The fourth-order valence-corrected chi connectivity index (χ4v) is 3.86. The molecule has 0 aliphatic carbocycles. The van der Waals surface area contributed by atoms with Crippen LogP contribution in [0, 0.1) is 11.8 Å². The van der Waals surface area contributed by atoms with E-state index in [1.165, 1.54) is 0 Å². The maximum atomic E-state index is 12.5. The summed E-state index contributed by atoms with van der Waals surface area (Å²) in [5.74, 6) is 0.565. The van der Waals surface area contributed by atoms with Gasteiger partial charge in [-0.3, -0.25) is 4.79 Å². The van der Waals surface area contributed by atoms with Crippen LogP contribution >= 0.6 is 11.3 Å². The van der Waals surface area contributed by atoms with Gasteiger partial charge in [0.2, 0.25) is 0 Å². The minimum Gasteiger partial charge on any atom is -0.375 e. The average Bonchev–Trinajstić information content (AvgIpc) is 2.85. The minimum atomic E-state index is 0.00647. The van der Waals surface area contributed by atoms with Gasteiger partial charge in [-0.1, -0.05) is 27.7 Å². The molecular formula is C16H25NO2S. The largest absolute Gasteiger partial charge is 0.375 e. The molecule has 20 heavy (non-hydrogen) atoms. The Morgan fingerprint density at radius 1 is 1.30 bits per heavy atom. The van der Waals surface area contributed by atoms with E-state index in [-0.39, 0.29) is 29.3 Å². The van der Waals surface area contributed by atoms with Crippen molar-refractivity contribution < 1.29 is 9.53 Å². The van der Waals surface area contributed by atoms with E-state index in [9.17, 15) is 4.79 Å². The molecule has 0 aromatic carbocycles. The molecule has 1 aromatic heterocycles. The van der Waals surface area contributed by atoms with E-state index in [0.717, 1.165) is 10.7 Å².